The third kappa shape index (κ3) is 2.33. The van der Waals surface area contributed by atoms with E-state index < -0.39 is 0 Å². The molecule has 2 rings (SSSR count). The number of nitrogens with one attached hydrogen (secondary N) is 1. The van der Waals surface area contributed by atoms with E-state index in [0.29, 0.717) is 0 Å². The van der Waals surface area contributed by atoms with Crippen LogP contribution in [-0.2, 0) is 6.42 Å². The number of aromatic nitrogens is 1. The van der Waals surface area contributed by atoms with Gasteiger partial charge in [-0.05, 0) is 46.0 Å². The summed E-state index contributed by atoms with van der Waals surface area (Å²) >= 11 is 1.72. The van der Waals surface area contributed by atoms with Crippen molar-refractivity contribution in [3.8, 4) is 10.8 Å². The van der Waals surface area contributed by atoms with Gasteiger partial charge in [-0.15, -0.1) is 11.3 Å². The zero-order valence-electron chi connectivity index (χ0n) is 9.83. The highest BCUT2D eigenvalue weighted by Gasteiger charge is 2.11. The van der Waals surface area contributed by atoms with Gasteiger partial charge in [0.05, 0.1) is 5.69 Å². The van der Waals surface area contributed by atoms with Gasteiger partial charge < -0.3 is 9.73 Å². The van der Waals surface area contributed by atoms with E-state index in [1.807, 2.05) is 26.1 Å². The highest BCUT2D eigenvalue weighted by molar-refractivity contribution is 7.15. The van der Waals surface area contributed by atoms with Gasteiger partial charge in [-0.25, -0.2) is 4.98 Å². The first-order chi connectivity index (χ1) is 7.70. The second-order valence-corrected chi connectivity index (χ2v) is 4.88. The number of hydrogen-bond acceptors (Lipinski definition) is 4. The van der Waals surface area contributed by atoms with E-state index in [9.17, 15) is 0 Å². The summed E-state index contributed by atoms with van der Waals surface area (Å²) in [5.41, 5.74) is 1.12. The molecule has 0 unspecified atom stereocenters. The Morgan fingerprint density at radius 1 is 1.38 bits per heavy atom. The molecule has 86 valence electrons. The Kier molecular flexibility index (Phi) is 3.41. The van der Waals surface area contributed by atoms with Gasteiger partial charge in [-0.2, -0.15) is 0 Å². The second kappa shape index (κ2) is 4.80. The van der Waals surface area contributed by atoms with Crippen molar-refractivity contribution < 1.29 is 4.42 Å². The van der Waals surface area contributed by atoms with Gasteiger partial charge in [0.1, 0.15) is 5.76 Å². The molecule has 0 bridgehead atoms. The van der Waals surface area contributed by atoms with Crippen molar-refractivity contribution in [2.24, 2.45) is 0 Å². The maximum absolute atomic E-state index is 5.57. The molecular weight excluding hydrogens is 220 g/mol. The number of rotatable bonds is 4. The smallest absolute Gasteiger partial charge is 0.162 e. The van der Waals surface area contributed by atoms with Crippen molar-refractivity contribution in [2.75, 3.05) is 13.6 Å². The third-order valence-electron chi connectivity index (χ3n) is 2.45. The largest absolute Gasteiger partial charge is 0.459 e. The van der Waals surface area contributed by atoms with E-state index in [4.69, 9.17) is 4.42 Å². The van der Waals surface area contributed by atoms with Crippen LogP contribution in [0.1, 0.15) is 16.3 Å². The molecule has 0 aromatic carbocycles. The molecule has 4 heteroatoms. The van der Waals surface area contributed by atoms with Crippen molar-refractivity contribution >= 4 is 11.3 Å². The van der Waals surface area contributed by atoms with Gasteiger partial charge in [-0.1, -0.05) is 0 Å². The van der Waals surface area contributed by atoms with Crippen molar-refractivity contribution in [1.82, 2.24) is 10.3 Å². The topological polar surface area (TPSA) is 38.1 Å². The first kappa shape index (κ1) is 11.4. The fraction of sp³-hybridized carbons (Fsp3) is 0.417. The van der Waals surface area contributed by atoms with Crippen LogP contribution in [0.3, 0.4) is 0 Å². The maximum atomic E-state index is 5.57. The van der Waals surface area contributed by atoms with Gasteiger partial charge in [0.25, 0.3) is 0 Å². The van der Waals surface area contributed by atoms with Gasteiger partial charge in [0.15, 0.2) is 10.8 Å². The van der Waals surface area contributed by atoms with Gasteiger partial charge >= 0.3 is 0 Å². The lowest BCUT2D eigenvalue weighted by Gasteiger charge is -1.95. The van der Waals surface area contributed by atoms with Crippen LogP contribution in [-0.4, -0.2) is 18.6 Å². The van der Waals surface area contributed by atoms with Crippen molar-refractivity contribution in [3.05, 3.63) is 28.5 Å². The summed E-state index contributed by atoms with van der Waals surface area (Å²) in [5, 5.41) is 4.14. The Balaban J connectivity index is 2.23. The second-order valence-electron chi connectivity index (χ2n) is 3.79. The van der Waals surface area contributed by atoms with Crippen molar-refractivity contribution in [3.63, 3.8) is 0 Å². The lowest BCUT2D eigenvalue weighted by atomic mass is 10.3. The van der Waals surface area contributed by atoms with E-state index in [0.717, 1.165) is 35.2 Å². The predicted molar refractivity (Wildman–Crippen MR) is 66.9 cm³/mol. The van der Waals surface area contributed by atoms with Gasteiger partial charge in [0, 0.05) is 4.88 Å². The van der Waals surface area contributed by atoms with Crippen molar-refractivity contribution in [1.29, 1.82) is 0 Å². The van der Waals surface area contributed by atoms with E-state index in [-0.39, 0.29) is 0 Å². The monoisotopic (exact) mass is 236 g/mol. The highest BCUT2D eigenvalue weighted by Crippen LogP contribution is 2.29. The fourth-order valence-electron chi connectivity index (χ4n) is 1.55. The third-order valence-corrected chi connectivity index (χ3v) is 3.68. The maximum Gasteiger partial charge on any atom is 0.162 e. The molecule has 2 aromatic heterocycles. The summed E-state index contributed by atoms with van der Waals surface area (Å²) in [7, 11) is 1.97. The van der Waals surface area contributed by atoms with E-state index >= 15 is 0 Å². The quantitative estimate of drug-likeness (QED) is 0.887. The van der Waals surface area contributed by atoms with Crippen LogP contribution in [0.4, 0.5) is 0 Å². The van der Waals surface area contributed by atoms with Gasteiger partial charge in [0.2, 0.25) is 0 Å². The fourth-order valence-corrected chi connectivity index (χ4v) is 2.58. The lowest BCUT2D eigenvalue weighted by molar-refractivity contribution is 0.548. The number of aryl methyl sites for hydroxylation is 2. The molecule has 0 aliphatic rings. The highest BCUT2D eigenvalue weighted by atomic mass is 32.1. The van der Waals surface area contributed by atoms with Crippen LogP contribution in [0.25, 0.3) is 10.8 Å². The van der Waals surface area contributed by atoms with Crippen LogP contribution in [0.2, 0.25) is 0 Å². The Morgan fingerprint density at radius 3 is 2.81 bits per heavy atom. The van der Waals surface area contributed by atoms with E-state index in [2.05, 4.69) is 17.2 Å². The number of hydrogen-bond donors (Lipinski definition) is 1. The zero-order chi connectivity index (χ0) is 11.5. The average molecular weight is 236 g/mol. The minimum atomic E-state index is 0.876. The molecule has 0 amide bonds. The van der Waals surface area contributed by atoms with Crippen LogP contribution in [0, 0.1) is 13.8 Å². The molecule has 0 aliphatic carbocycles. The lowest BCUT2D eigenvalue weighted by Crippen LogP contribution is -2.09. The SMILES string of the molecule is CNCCc1sc(-c2ccc(C)o2)nc1C. The Bertz CT molecular complexity index is 473. The van der Waals surface area contributed by atoms with Gasteiger partial charge in [-0.3, -0.25) is 0 Å². The van der Waals surface area contributed by atoms with Crippen LogP contribution >= 0.6 is 11.3 Å². The molecule has 0 spiro atoms. The summed E-state index contributed by atoms with van der Waals surface area (Å²) in [5.74, 6) is 1.81. The number of furan rings is 1. The number of nitrogens with zero attached hydrogens (tertiary/aromatic N) is 1. The Labute approximate surface area is 99.5 Å². The molecule has 2 aromatic rings. The normalized spacial score (nSPS) is 10.9. The average Bonchev–Trinajstić information content (AvgIpc) is 2.82. The molecule has 0 fully saturated rings. The Hall–Kier alpha value is -1.13. The Morgan fingerprint density at radius 2 is 2.19 bits per heavy atom. The molecule has 0 saturated carbocycles. The van der Waals surface area contributed by atoms with Crippen LogP contribution < -0.4 is 5.32 Å². The summed E-state index contributed by atoms with van der Waals surface area (Å²) in [6.07, 6.45) is 1.03. The van der Waals surface area contributed by atoms with Crippen molar-refractivity contribution in [2.45, 2.75) is 20.3 Å². The number of thiazole rings is 1. The molecule has 0 atom stereocenters. The molecule has 3 nitrogen and oxygen atoms in total. The summed E-state index contributed by atoms with van der Waals surface area (Å²) < 4.78 is 5.57. The summed E-state index contributed by atoms with van der Waals surface area (Å²) in [6.45, 7) is 4.99. The van der Waals surface area contributed by atoms with Crippen LogP contribution in [0.15, 0.2) is 16.5 Å². The first-order valence-corrected chi connectivity index (χ1v) is 6.20. The standard InChI is InChI=1S/C12H16N2OS/c1-8-4-5-10(15-8)12-14-9(2)11(16-12)6-7-13-3/h4-5,13H,6-7H2,1-3H3. The molecule has 0 saturated heterocycles. The van der Waals surface area contributed by atoms with E-state index in [1.165, 1.54) is 4.88 Å². The first-order valence-electron chi connectivity index (χ1n) is 5.38. The molecule has 0 aliphatic heterocycles. The molecular formula is C12H16N2OS. The summed E-state index contributed by atoms with van der Waals surface area (Å²) in [4.78, 5) is 5.88. The molecule has 1 N–H and O–H groups in total. The minimum Gasteiger partial charge on any atom is -0.459 e. The van der Waals surface area contributed by atoms with E-state index in [1.54, 1.807) is 11.3 Å². The predicted octanol–water partition coefficient (Wildman–Crippen LogP) is 2.78. The minimum absolute atomic E-state index is 0.876. The number of likely N-dealkylation sites (N-methyl/N-ethyl adjacent to an activating group) is 1. The molecule has 2 heterocycles. The van der Waals surface area contributed by atoms with Crippen LogP contribution in [0.5, 0.6) is 0 Å². The zero-order valence-corrected chi connectivity index (χ0v) is 10.6. The summed E-state index contributed by atoms with van der Waals surface area (Å²) in [6, 6.07) is 3.95. The molecule has 0 radical (unpaired) electrons. The molecule has 16 heavy (non-hydrogen) atoms.